The highest BCUT2D eigenvalue weighted by atomic mass is 16.5. The summed E-state index contributed by atoms with van der Waals surface area (Å²) in [5.41, 5.74) is 4.94. The first-order valence-electron chi connectivity index (χ1n) is 10.5. The minimum absolute atomic E-state index is 0.0287. The average molecular weight is 413 g/mol. The molecule has 1 atom stereocenters. The van der Waals surface area contributed by atoms with E-state index in [2.05, 4.69) is 37.4 Å². The van der Waals surface area contributed by atoms with Gasteiger partial charge in [0.2, 0.25) is 0 Å². The second-order valence-corrected chi connectivity index (χ2v) is 7.83. The van der Waals surface area contributed by atoms with Gasteiger partial charge in [-0.05, 0) is 56.0 Å². The normalized spacial score (nSPS) is 15.5. The number of benzene rings is 2. The topological polar surface area (TPSA) is 85.8 Å². The zero-order chi connectivity index (χ0) is 21.2. The first-order valence-corrected chi connectivity index (χ1v) is 10.5. The van der Waals surface area contributed by atoms with E-state index in [1.807, 2.05) is 36.5 Å². The molecule has 0 spiro atoms. The number of hydrogen-bond acceptors (Lipinski definition) is 5. The van der Waals surface area contributed by atoms with Gasteiger partial charge in [0.25, 0.3) is 11.8 Å². The number of aryl methyl sites for hydroxylation is 1. The van der Waals surface area contributed by atoms with Crippen LogP contribution in [0.15, 0.2) is 65.3 Å². The van der Waals surface area contributed by atoms with Crippen molar-refractivity contribution in [3.8, 4) is 11.5 Å². The van der Waals surface area contributed by atoms with Crippen molar-refractivity contribution in [3.63, 3.8) is 0 Å². The fourth-order valence-electron chi connectivity index (χ4n) is 4.08. The lowest BCUT2D eigenvalue weighted by molar-refractivity contribution is 0.0932. The van der Waals surface area contributed by atoms with E-state index in [1.165, 1.54) is 11.3 Å². The Morgan fingerprint density at radius 3 is 2.71 bits per heavy atom. The smallest absolute Gasteiger partial charge is 0.257 e. The van der Waals surface area contributed by atoms with Crippen molar-refractivity contribution in [2.24, 2.45) is 0 Å². The second kappa shape index (κ2) is 8.18. The van der Waals surface area contributed by atoms with Gasteiger partial charge in [-0.1, -0.05) is 35.5 Å². The number of nitrogens with one attached hydrogen (secondary N) is 1. The SMILES string of the molecule is Cc1noc(-c2ccc(C(=O)NC3CCCc4c3cnn4Cc3ccccc3)cc2)n1. The van der Waals surface area contributed by atoms with Gasteiger partial charge in [-0.25, -0.2) is 0 Å². The third-order valence-electron chi connectivity index (χ3n) is 5.66. The molecule has 4 aromatic rings. The molecular weight excluding hydrogens is 390 g/mol. The molecule has 2 heterocycles. The molecule has 7 heteroatoms. The monoisotopic (exact) mass is 413 g/mol. The third kappa shape index (κ3) is 3.99. The van der Waals surface area contributed by atoms with Crippen LogP contribution in [0, 0.1) is 6.92 Å². The summed E-state index contributed by atoms with van der Waals surface area (Å²) in [6.45, 7) is 2.52. The Bertz CT molecular complexity index is 1190. The van der Waals surface area contributed by atoms with Crippen LogP contribution in [-0.4, -0.2) is 25.8 Å². The number of hydrogen-bond donors (Lipinski definition) is 1. The third-order valence-corrected chi connectivity index (χ3v) is 5.66. The molecule has 1 aliphatic carbocycles. The average Bonchev–Trinajstić information content (AvgIpc) is 3.42. The van der Waals surface area contributed by atoms with Crippen molar-refractivity contribution >= 4 is 5.91 Å². The molecular formula is C24H23N5O2. The summed E-state index contributed by atoms with van der Waals surface area (Å²) in [4.78, 5) is 17.1. The molecule has 1 amide bonds. The zero-order valence-electron chi connectivity index (χ0n) is 17.3. The van der Waals surface area contributed by atoms with Crippen LogP contribution in [0.4, 0.5) is 0 Å². The van der Waals surface area contributed by atoms with Crippen molar-refractivity contribution in [2.75, 3.05) is 0 Å². The first-order chi connectivity index (χ1) is 15.2. The highest BCUT2D eigenvalue weighted by Gasteiger charge is 2.26. The van der Waals surface area contributed by atoms with Crippen LogP contribution in [0.2, 0.25) is 0 Å². The van der Waals surface area contributed by atoms with Crippen LogP contribution in [-0.2, 0) is 13.0 Å². The predicted octanol–water partition coefficient (Wildman–Crippen LogP) is 4.10. The number of carbonyl (C=O) groups excluding carboxylic acids is 1. The van der Waals surface area contributed by atoms with Crippen molar-refractivity contribution in [1.82, 2.24) is 25.2 Å². The van der Waals surface area contributed by atoms with E-state index in [9.17, 15) is 4.79 Å². The van der Waals surface area contributed by atoms with Gasteiger partial charge in [-0.3, -0.25) is 9.48 Å². The van der Waals surface area contributed by atoms with Gasteiger partial charge in [0.05, 0.1) is 18.8 Å². The summed E-state index contributed by atoms with van der Waals surface area (Å²) < 4.78 is 7.24. The van der Waals surface area contributed by atoms with E-state index in [0.717, 1.165) is 36.9 Å². The summed E-state index contributed by atoms with van der Waals surface area (Å²) in [6.07, 6.45) is 4.82. The quantitative estimate of drug-likeness (QED) is 0.532. The Morgan fingerprint density at radius 2 is 1.97 bits per heavy atom. The Labute approximate surface area is 180 Å². The van der Waals surface area contributed by atoms with Crippen molar-refractivity contribution in [1.29, 1.82) is 0 Å². The Kier molecular flexibility index (Phi) is 5.08. The van der Waals surface area contributed by atoms with E-state index in [1.54, 1.807) is 19.1 Å². The molecule has 0 fully saturated rings. The maximum atomic E-state index is 12.9. The molecule has 2 aromatic carbocycles. The van der Waals surface area contributed by atoms with Crippen LogP contribution < -0.4 is 5.32 Å². The van der Waals surface area contributed by atoms with Crippen molar-refractivity contribution in [3.05, 3.63) is 89.0 Å². The molecule has 156 valence electrons. The highest BCUT2D eigenvalue weighted by molar-refractivity contribution is 5.94. The number of carbonyl (C=O) groups is 1. The first kappa shape index (κ1) is 19.2. The number of amides is 1. The zero-order valence-corrected chi connectivity index (χ0v) is 17.3. The van der Waals surface area contributed by atoms with Crippen molar-refractivity contribution in [2.45, 2.75) is 38.8 Å². The van der Waals surface area contributed by atoms with Crippen LogP contribution in [0.3, 0.4) is 0 Å². The molecule has 0 bridgehead atoms. The molecule has 1 aliphatic rings. The number of rotatable bonds is 5. The summed E-state index contributed by atoms with van der Waals surface area (Å²) in [5.74, 6) is 0.937. The maximum absolute atomic E-state index is 12.9. The predicted molar refractivity (Wildman–Crippen MR) is 115 cm³/mol. The standard InChI is InChI=1S/C24H23N5O2/c1-16-26-24(31-28-16)19-12-10-18(11-13-19)23(30)27-21-8-5-9-22-20(21)14-25-29(22)15-17-6-3-2-4-7-17/h2-4,6-7,10-14,21H,5,8-9,15H2,1H3,(H,27,30). The van der Waals surface area contributed by atoms with E-state index in [-0.39, 0.29) is 11.9 Å². The van der Waals surface area contributed by atoms with Crippen LogP contribution in [0.5, 0.6) is 0 Å². The Hall–Kier alpha value is -3.74. The fraction of sp³-hybridized carbons (Fsp3) is 0.250. The van der Waals surface area contributed by atoms with Gasteiger partial charge in [0, 0.05) is 22.4 Å². The number of aromatic nitrogens is 4. The van der Waals surface area contributed by atoms with Gasteiger partial charge in [-0.2, -0.15) is 10.1 Å². The minimum Gasteiger partial charge on any atom is -0.345 e. The fourth-order valence-corrected chi connectivity index (χ4v) is 4.08. The van der Waals surface area contributed by atoms with Gasteiger partial charge in [0.1, 0.15) is 0 Å². The summed E-state index contributed by atoms with van der Waals surface area (Å²) >= 11 is 0. The molecule has 0 radical (unpaired) electrons. The molecule has 1 unspecified atom stereocenters. The summed E-state index contributed by atoms with van der Waals surface area (Å²) in [5, 5.41) is 11.6. The van der Waals surface area contributed by atoms with Gasteiger partial charge < -0.3 is 9.84 Å². The largest absolute Gasteiger partial charge is 0.345 e. The second-order valence-electron chi connectivity index (χ2n) is 7.83. The molecule has 0 aliphatic heterocycles. The molecule has 1 N–H and O–H groups in total. The Balaban J connectivity index is 1.30. The van der Waals surface area contributed by atoms with Crippen LogP contribution >= 0.6 is 0 Å². The Morgan fingerprint density at radius 1 is 1.16 bits per heavy atom. The lowest BCUT2D eigenvalue weighted by Crippen LogP contribution is -2.31. The van der Waals surface area contributed by atoms with Gasteiger partial charge in [-0.15, -0.1) is 0 Å². The van der Waals surface area contributed by atoms with Gasteiger partial charge in [0.15, 0.2) is 5.82 Å². The summed E-state index contributed by atoms with van der Waals surface area (Å²) in [6, 6.07) is 17.5. The minimum atomic E-state index is -0.0954. The molecule has 7 nitrogen and oxygen atoms in total. The molecule has 31 heavy (non-hydrogen) atoms. The van der Waals surface area contributed by atoms with E-state index < -0.39 is 0 Å². The van der Waals surface area contributed by atoms with E-state index in [4.69, 9.17) is 4.52 Å². The number of fused-ring (bicyclic) bond motifs is 1. The summed E-state index contributed by atoms with van der Waals surface area (Å²) in [7, 11) is 0. The molecule has 0 saturated carbocycles. The lowest BCUT2D eigenvalue weighted by Gasteiger charge is -2.24. The van der Waals surface area contributed by atoms with Crippen LogP contribution in [0.1, 0.15) is 51.9 Å². The highest BCUT2D eigenvalue weighted by Crippen LogP contribution is 2.30. The van der Waals surface area contributed by atoms with Gasteiger partial charge >= 0.3 is 0 Å². The van der Waals surface area contributed by atoms with E-state index in [0.29, 0.717) is 17.3 Å². The lowest BCUT2D eigenvalue weighted by atomic mass is 9.92. The van der Waals surface area contributed by atoms with E-state index >= 15 is 0 Å². The maximum Gasteiger partial charge on any atom is 0.257 e. The van der Waals surface area contributed by atoms with Crippen molar-refractivity contribution < 1.29 is 9.32 Å². The molecule has 2 aromatic heterocycles. The van der Waals surface area contributed by atoms with Crippen LogP contribution in [0.25, 0.3) is 11.5 Å². The molecule has 5 rings (SSSR count). The number of nitrogens with zero attached hydrogens (tertiary/aromatic N) is 4. The molecule has 0 saturated heterocycles.